The van der Waals surface area contributed by atoms with E-state index in [2.05, 4.69) is 25.6 Å². The Kier molecular flexibility index (Phi) is 7.26. The summed E-state index contributed by atoms with van der Waals surface area (Å²) in [7, 11) is 0. The maximum absolute atomic E-state index is 14.1. The fourth-order valence-electron chi connectivity index (χ4n) is 4.30. The predicted octanol–water partition coefficient (Wildman–Crippen LogP) is 5.82. The number of nitrogens with zero attached hydrogens (tertiary/aromatic N) is 3. The van der Waals surface area contributed by atoms with Gasteiger partial charge in [0.2, 0.25) is 5.95 Å². The van der Waals surface area contributed by atoms with E-state index in [0.29, 0.717) is 34.7 Å². The first-order chi connectivity index (χ1) is 16.8. The van der Waals surface area contributed by atoms with Gasteiger partial charge in [0.15, 0.2) is 0 Å². The summed E-state index contributed by atoms with van der Waals surface area (Å²) in [6.07, 6.45) is -6.69. The molecule has 194 valence electrons. The highest BCUT2D eigenvalue weighted by atomic mass is 32.1. The number of benzene rings is 1. The Morgan fingerprint density at radius 2 is 1.86 bits per heavy atom. The van der Waals surface area contributed by atoms with Crippen LogP contribution in [0.2, 0.25) is 0 Å². The molecule has 13 heteroatoms. The van der Waals surface area contributed by atoms with Gasteiger partial charge in [-0.1, -0.05) is 6.07 Å². The van der Waals surface area contributed by atoms with Crippen LogP contribution in [-0.4, -0.2) is 44.9 Å². The Balaban J connectivity index is 1.64. The van der Waals surface area contributed by atoms with E-state index in [1.807, 2.05) is 0 Å². The van der Waals surface area contributed by atoms with Crippen LogP contribution in [0.25, 0.3) is 10.4 Å². The molecule has 1 aromatic carbocycles. The van der Waals surface area contributed by atoms with Crippen molar-refractivity contribution >= 4 is 23.0 Å². The number of anilines is 2. The van der Waals surface area contributed by atoms with Gasteiger partial charge in [-0.25, -0.2) is 15.0 Å². The van der Waals surface area contributed by atoms with Gasteiger partial charge < -0.3 is 15.7 Å². The van der Waals surface area contributed by atoms with E-state index < -0.39 is 29.6 Å². The van der Waals surface area contributed by atoms with Crippen molar-refractivity contribution in [1.29, 1.82) is 0 Å². The normalized spacial score (nSPS) is 20.1. The van der Waals surface area contributed by atoms with E-state index in [1.54, 1.807) is 25.1 Å². The zero-order chi connectivity index (χ0) is 26.1. The minimum Gasteiger partial charge on any atom is -0.389 e. The number of halogens is 6. The number of thiazole rings is 1. The molecule has 0 bridgehead atoms. The third-order valence-electron chi connectivity index (χ3n) is 5.90. The quantitative estimate of drug-likeness (QED) is 0.360. The van der Waals surface area contributed by atoms with E-state index in [0.717, 1.165) is 23.6 Å². The Bertz CT molecular complexity index is 1200. The molecule has 0 saturated carbocycles. The Labute approximate surface area is 206 Å². The summed E-state index contributed by atoms with van der Waals surface area (Å²) in [5.41, 5.74) is -1.50. The fourth-order valence-corrected chi connectivity index (χ4v) is 5.44. The molecule has 3 heterocycles. The van der Waals surface area contributed by atoms with Crippen molar-refractivity contribution in [3.05, 3.63) is 52.9 Å². The highest BCUT2D eigenvalue weighted by molar-refractivity contribution is 7.15. The smallest absolute Gasteiger partial charge is 0.389 e. The fraction of sp³-hybridized carbons (Fsp3) is 0.435. The first-order valence-electron chi connectivity index (χ1n) is 11.1. The van der Waals surface area contributed by atoms with Crippen LogP contribution < -0.4 is 10.6 Å². The molecular weight excluding hydrogens is 508 g/mol. The molecule has 3 aromatic rings. The van der Waals surface area contributed by atoms with Crippen molar-refractivity contribution in [1.82, 2.24) is 20.3 Å². The van der Waals surface area contributed by atoms with Crippen molar-refractivity contribution in [3.63, 3.8) is 0 Å². The molecule has 2 unspecified atom stereocenters. The minimum atomic E-state index is -4.70. The molecule has 2 aromatic heterocycles. The SMILES string of the molecule is Cc1cc(Nc2nccc(C(F)(F)F)n2)cc(-c2cnc(C(C(F)(F)F)C3(O)CCCNCC3)s2)c1. The number of nitrogens with one attached hydrogen (secondary N) is 2. The predicted molar refractivity (Wildman–Crippen MR) is 123 cm³/mol. The molecule has 1 saturated heterocycles. The molecule has 1 fully saturated rings. The first-order valence-corrected chi connectivity index (χ1v) is 11.9. The lowest BCUT2D eigenvalue weighted by Gasteiger charge is -2.35. The van der Waals surface area contributed by atoms with Crippen molar-refractivity contribution in [2.24, 2.45) is 0 Å². The lowest BCUT2D eigenvalue weighted by molar-refractivity contribution is -0.199. The lowest BCUT2D eigenvalue weighted by Crippen LogP contribution is -2.44. The topological polar surface area (TPSA) is 83.0 Å². The van der Waals surface area contributed by atoms with Crippen molar-refractivity contribution < 1.29 is 31.4 Å². The van der Waals surface area contributed by atoms with Gasteiger partial charge in [-0.15, -0.1) is 11.3 Å². The molecular formula is C23H23F6N5OS. The largest absolute Gasteiger partial charge is 0.433 e. The molecule has 2 atom stereocenters. The Morgan fingerprint density at radius 1 is 1.08 bits per heavy atom. The lowest BCUT2D eigenvalue weighted by atomic mass is 9.81. The summed E-state index contributed by atoms with van der Waals surface area (Å²) in [4.78, 5) is 11.8. The van der Waals surface area contributed by atoms with Crippen LogP contribution >= 0.6 is 11.3 Å². The molecule has 0 radical (unpaired) electrons. The third kappa shape index (κ3) is 5.95. The maximum atomic E-state index is 14.1. The Morgan fingerprint density at radius 3 is 2.58 bits per heavy atom. The summed E-state index contributed by atoms with van der Waals surface area (Å²) in [5.74, 6) is -2.41. The maximum Gasteiger partial charge on any atom is 0.433 e. The van der Waals surface area contributed by atoms with Gasteiger partial charge in [0.1, 0.15) is 16.6 Å². The van der Waals surface area contributed by atoms with Gasteiger partial charge >= 0.3 is 12.4 Å². The van der Waals surface area contributed by atoms with Gasteiger partial charge in [0, 0.05) is 18.1 Å². The molecule has 4 rings (SSSR count). The van der Waals surface area contributed by atoms with Crippen molar-refractivity contribution in [3.8, 4) is 10.4 Å². The monoisotopic (exact) mass is 531 g/mol. The highest BCUT2D eigenvalue weighted by Gasteiger charge is 2.55. The molecule has 0 spiro atoms. The average molecular weight is 532 g/mol. The number of aryl methyl sites for hydroxylation is 1. The first kappa shape index (κ1) is 26.3. The second-order valence-electron chi connectivity index (χ2n) is 8.72. The molecule has 1 aliphatic rings. The van der Waals surface area contributed by atoms with Crippen LogP contribution in [-0.2, 0) is 6.18 Å². The second kappa shape index (κ2) is 9.94. The van der Waals surface area contributed by atoms with Crippen LogP contribution in [0.3, 0.4) is 0 Å². The van der Waals surface area contributed by atoms with Crippen molar-refractivity contribution in [2.45, 2.75) is 50.1 Å². The number of rotatable bonds is 5. The zero-order valence-corrected chi connectivity index (χ0v) is 19.9. The second-order valence-corrected chi connectivity index (χ2v) is 9.78. The molecule has 0 amide bonds. The number of aliphatic hydroxyl groups is 1. The molecule has 3 N–H and O–H groups in total. The summed E-state index contributed by atoms with van der Waals surface area (Å²) in [5, 5.41) is 16.5. The minimum absolute atomic E-state index is 0.00536. The van der Waals surface area contributed by atoms with Gasteiger partial charge in [-0.05, 0) is 68.6 Å². The van der Waals surface area contributed by atoms with E-state index in [9.17, 15) is 31.4 Å². The van der Waals surface area contributed by atoms with Crippen LogP contribution in [0, 0.1) is 6.92 Å². The summed E-state index contributed by atoms with van der Waals surface area (Å²) in [6, 6.07) is 5.69. The third-order valence-corrected chi connectivity index (χ3v) is 7.01. The van der Waals surface area contributed by atoms with E-state index in [-0.39, 0.29) is 30.3 Å². The molecule has 1 aliphatic heterocycles. The molecule has 0 aliphatic carbocycles. The van der Waals surface area contributed by atoms with Gasteiger partial charge in [0.25, 0.3) is 0 Å². The van der Waals surface area contributed by atoms with E-state index in [1.165, 1.54) is 6.20 Å². The summed E-state index contributed by atoms with van der Waals surface area (Å²) in [6.45, 7) is 2.54. The summed E-state index contributed by atoms with van der Waals surface area (Å²) < 4.78 is 81.3. The number of hydrogen-bond acceptors (Lipinski definition) is 7. The average Bonchev–Trinajstić information content (AvgIpc) is 3.13. The van der Waals surface area contributed by atoms with Crippen molar-refractivity contribution in [2.75, 3.05) is 18.4 Å². The zero-order valence-electron chi connectivity index (χ0n) is 19.0. The van der Waals surface area contributed by atoms with Crippen LogP contribution in [0.1, 0.15) is 41.4 Å². The number of aromatic nitrogens is 3. The standard InChI is InChI=1S/C23H23F6N5OS/c1-13-9-14(11-15(10-13)33-20-31-7-3-17(34-20)22(24,25)26)16-12-32-19(36-16)18(23(27,28)29)21(35)4-2-6-30-8-5-21/h3,7,9-12,18,30,35H,2,4-6,8H2,1H3,(H,31,33,34). The van der Waals surface area contributed by atoms with E-state index >= 15 is 0 Å². The Hall–Kier alpha value is -2.77. The van der Waals surface area contributed by atoms with Gasteiger partial charge in [-0.3, -0.25) is 0 Å². The van der Waals surface area contributed by atoms with E-state index in [4.69, 9.17) is 0 Å². The van der Waals surface area contributed by atoms with Crippen LogP contribution in [0.4, 0.5) is 38.0 Å². The van der Waals surface area contributed by atoms with Crippen LogP contribution in [0.5, 0.6) is 0 Å². The van der Waals surface area contributed by atoms with Gasteiger partial charge in [0.05, 0.1) is 10.5 Å². The number of alkyl halides is 6. The number of hydrogen-bond donors (Lipinski definition) is 3. The summed E-state index contributed by atoms with van der Waals surface area (Å²) >= 11 is 0.830. The highest BCUT2D eigenvalue weighted by Crippen LogP contribution is 2.48. The van der Waals surface area contributed by atoms with Gasteiger partial charge in [-0.2, -0.15) is 26.3 Å². The molecule has 6 nitrogen and oxygen atoms in total. The molecule has 36 heavy (non-hydrogen) atoms. The van der Waals surface area contributed by atoms with Crippen LogP contribution in [0.15, 0.2) is 36.7 Å².